The van der Waals surface area contributed by atoms with Crippen molar-refractivity contribution in [3.05, 3.63) is 76.3 Å². The van der Waals surface area contributed by atoms with Gasteiger partial charge in [-0.2, -0.15) is 0 Å². The molecule has 2 aromatic rings. The number of carbonyl (C=O) groups excluding carboxylic acids is 2. The van der Waals surface area contributed by atoms with E-state index in [1.165, 1.54) is 0 Å². The lowest BCUT2D eigenvalue weighted by Gasteiger charge is -2.33. The number of rotatable bonds is 2. The van der Waals surface area contributed by atoms with Crippen LogP contribution in [0.15, 0.2) is 60.2 Å². The van der Waals surface area contributed by atoms with Crippen LogP contribution in [0.2, 0.25) is 5.02 Å². The van der Waals surface area contributed by atoms with Gasteiger partial charge in [0.25, 0.3) is 0 Å². The molecule has 0 amide bonds. The molecular formula is C23H21ClO4. The number of benzene rings is 2. The molecule has 4 nitrogen and oxygen atoms in total. The lowest BCUT2D eigenvalue weighted by atomic mass is 9.77. The first-order chi connectivity index (χ1) is 13.2. The number of fused-ring (bicyclic) bond motifs is 1. The summed E-state index contributed by atoms with van der Waals surface area (Å²) in [6.07, 6.45) is 2.27. The Morgan fingerprint density at radius 1 is 1.14 bits per heavy atom. The Morgan fingerprint density at radius 2 is 1.82 bits per heavy atom. The minimum absolute atomic E-state index is 0.211. The lowest BCUT2D eigenvalue weighted by Crippen LogP contribution is -2.48. The second kappa shape index (κ2) is 6.49. The number of ether oxygens (including phenoxy) is 2. The number of hydrogen-bond acceptors (Lipinski definition) is 4. The maximum absolute atomic E-state index is 13.6. The fraction of sp³-hybridized carbons (Fsp3) is 0.304. The molecule has 4 rings (SSSR count). The largest absolute Gasteiger partial charge is 0.473 e. The number of ketones is 1. The molecule has 0 saturated carbocycles. The quantitative estimate of drug-likeness (QED) is 0.662. The minimum atomic E-state index is -1.42. The normalized spacial score (nSPS) is 23.4. The van der Waals surface area contributed by atoms with Crippen LogP contribution >= 0.6 is 11.6 Å². The highest BCUT2D eigenvalue weighted by Crippen LogP contribution is 2.52. The van der Waals surface area contributed by atoms with Crippen LogP contribution in [0.4, 0.5) is 0 Å². The molecule has 0 unspecified atom stereocenters. The molecule has 1 spiro atoms. The number of carbonyl (C=O) groups is 2. The van der Waals surface area contributed by atoms with Crippen LogP contribution < -0.4 is 4.74 Å². The van der Waals surface area contributed by atoms with Crippen molar-refractivity contribution in [2.75, 3.05) is 0 Å². The van der Waals surface area contributed by atoms with Gasteiger partial charge in [0.05, 0.1) is 11.1 Å². The summed E-state index contributed by atoms with van der Waals surface area (Å²) in [5.74, 6) is -0.585. The first-order valence-corrected chi connectivity index (χ1v) is 9.62. The van der Waals surface area contributed by atoms with Crippen LogP contribution in [-0.2, 0) is 9.53 Å². The van der Waals surface area contributed by atoms with E-state index < -0.39 is 17.2 Å². The lowest BCUT2D eigenvalue weighted by molar-refractivity contribution is -0.151. The van der Waals surface area contributed by atoms with E-state index in [-0.39, 0.29) is 17.3 Å². The van der Waals surface area contributed by atoms with Gasteiger partial charge < -0.3 is 9.47 Å². The van der Waals surface area contributed by atoms with E-state index >= 15 is 0 Å². The summed E-state index contributed by atoms with van der Waals surface area (Å²) < 4.78 is 11.9. The van der Waals surface area contributed by atoms with Crippen molar-refractivity contribution in [3.8, 4) is 5.75 Å². The fourth-order valence-corrected chi connectivity index (χ4v) is 4.07. The number of halogens is 1. The first-order valence-electron chi connectivity index (χ1n) is 9.24. The molecule has 0 aromatic heterocycles. The van der Waals surface area contributed by atoms with Gasteiger partial charge >= 0.3 is 5.97 Å². The monoisotopic (exact) mass is 396 g/mol. The van der Waals surface area contributed by atoms with E-state index in [0.717, 1.165) is 5.56 Å². The van der Waals surface area contributed by atoms with Crippen molar-refractivity contribution in [1.29, 1.82) is 0 Å². The molecule has 1 aliphatic carbocycles. The Balaban J connectivity index is 1.82. The van der Waals surface area contributed by atoms with Crippen molar-refractivity contribution in [1.82, 2.24) is 0 Å². The molecule has 0 N–H and O–H groups in total. The van der Waals surface area contributed by atoms with E-state index in [2.05, 4.69) is 0 Å². The van der Waals surface area contributed by atoms with Crippen molar-refractivity contribution < 1.29 is 19.1 Å². The van der Waals surface area contributed by atoms with E-state index in [1.807, 2.05) is 18.2 Å². The summed E-state index contributed by atoms with van der Waals surface area (Å²) >= 11 is 6.04. The van der Waals surface area contributed by atoms with E-state index in [4.69, 9.17) is 21.1 Å². The molecule has 1 aliphatic heterocycles. The number of hydrogen-bond donors (Lipinski definition) is 0. The molecule has 28 heavy (non-hydrogen) atoms. The molecular weight excluding hydrogens is 376 g/mol. The van der Waals surface area contributed by atoms with Crippen LogP contribution in [-0.4, -0.2) is 23.0 Å². The summed E-state index contributed by atoms with van der Waals surface area (Å²) in [5.41, 5.74) is -0.451. The summed E-state index contributed by atoms with van der Waals surface area (Å²) in [6.45, 7) is 5.40. The zero-order valence-electron chi connectivity index (χ0n) is 16.0. The predicted molar refractivity (Wildman–Crippen MR) is 107 cm³/mol. The average Bonchev–Trinajstić information content (AvgIpc) is 3.14. The van der Waals surface area contributed by atoms with Gasteiger partial charge in [-0.1, -0.05) is 41.9 Å². The summed E-state index contributed by atoms with van der Waals surface area (Å²) in [7, 11) is 0. The Bertz CT molecular complexity index is 984. The number of para-hydroxylation sites is 1. The topological polar surface area (TPSA) is 52.6 Å². The van der Waals surface area contributed by atoms with Crippen molar-refractivity contribution in [2.45, 2.75) is 44.3 Å². The van der Waals surface area contributed by atoms with Gasteiger partial charge in [-0.3, -0.25) is 4.79 Å². The second-order valence-corrected chi connectivity index (χ2v) is 8.56. The van der Waals surface area contributed by atoms with E-state index in [1.54, 1.807) is 57.2 Å². The summed E-state index contributed by atoms with van der Waals surface area (Å²) in [6, 6.07) is 14.4. The van der Waals surface area contributed by atoms with Gasteiger partial charge in [0.1, 0.15) is 11.4 Å². The van der Waals surface area contributed by atoms with Crippen LogP contribution in [0, 0.1) is 0 Å². The summed E-state index contributed by atoms with van der Waals surface area (Å²) in [5, 5.41) is 0.609. The molecule has 0 fully saturated rings. The minimum Gasteiger partial charge on any atom is -0.473 e. The highest BCUT2D eigenvalue weighted by molar-refractivity contribution is 6.30. The maximum Gasteiger partial charge on any atom is 0.338 e. The SMILES string of the molecule is CC(C)(C)OC(=O)C1=CC[C@@H](c2ccc(Cl)cc2)[C@@]12Oc1ccccc1C2=O. The standard InChI is InChI=1S/C23H21ClO4/c1-22(2,3)28-21(26)18-13-12-17(14-8-10-15(24)11-9-14)23(18)20(25)16-6-4-5-7-19(16)27-23/h4-11,13,17H,12H2,1-3H3/t17-,23+/m0/s1. The molecule has 0 saturated heterocycles. The summed E-state index contributed by atoms with van der Waals surface area (Å²) in [4.78, 5) is 26.6. The molecule has 2 aliphatic rings. The van der Waals surface area contributed by atoms with Crippen molar-refractivity contribution in [2.24, 2.45) is 0 Å². The molecule has 5 heteroatoms. The number of esters is 1. The van der Waals surface area contributed by atoms with Crippen LogP contribution in [0.5, 0.6) is 5.75 Å². The predicted octanol–water partition coefficient (Wildman–Crippen LogP) is 5.11. The highest BCUT2D eigenvalue weighted by atomic mass is 35.5. The Morgan fingerprint density at radius 3 is 2.46 bits per heavy atom. The molecule has 2 aromatic carbocycles. The molecule has 144 valence electrons. The third-order valence-corrected chi connectivity index (χ3v) is 5.33. The van der Waals surface area contributed by atoms with Gasteiger partial charge in [0, 0.05) is 10.9 Å². The first kappa shape index (κ1) is 18.8. The molecule has 0 bridgehead atoms. The van der Waals surface area contributed by atoms with Gasteiger partial charge in [-0.05, 0) is 57.0 Å². The van der Waals surface area contributed by atoms with E-state index in [0.29, 0.717) is 22.8 Å². The zero-order chi connectivity index (χ0) is 20.1. The van der Waals surface area contributed by atoms with Crippen LogP contribution in [0.1, 0.15) is 49.0 Å². The van der Waals surface area contributed by atoms with Crippen molar-refractivity contribution in [3.63, 3.8) is 0 Å². The van der Waals surface area contributed by atoms with Gasteiger partial charge in [0.15, 0.2) is 0 Å². The van der Waals surface area contributed by atoms with Gasteiger partial charge in [0.2, 0.25) is 11.4 Å². The number of Topliss-reactive ketones (excluding diaryl/α,β-unsaturated/α-hetero) is 1. The fourth-order valence-electron chi connectivity index (χ4n) is 3.94. The molecule has 0 radical (unpaired) electrons. The van der Waals surface area contributed by atoms with Gasteiger partial charge in [-0.25, -0.2) is 4.79 Å². The zero-order valence-corrected chi connectivity index (χ0v) is 16.7. The average molecular weight is 397 g/mol. The third-order valence-electron chi connectivity index (χ3n) is 5.08. The van der Waals surface area contributed by atoms with E-state index in [9.17, 15) is 9.59 Å². The van der Waals surface area contributed by atoms with Crippen LogP contribution in [0.3, 0.4) is 0 Å². The molecule has 2 atom stereocenters. The third kappa shape index (κ3) is 2.92. The molecule has 1 heterocycles. The smallest absolute Gasteiger partial charge is 0.338 e. The van der Waals surface area contributed by atoms with Crippen molar-refractivity contribution >= 4 is 23.4 Å². The maximum atomic E-state index is 13.6. The number of allylic oxidation sites excluding steroid dienone is 1. The highest BCUT2D eigenvalue weighted by Gasteiger charge is 2.61. The Hall–Kier alpha value is -2.59. The Labute approximate surface area is 169 Å². The van der Waals surface area contributed by atoms with Crippen LogP contribution in [0.25, 0.3) is 0 Å². The second-order valence-electron chi connectivity index (χ2n) is 8.12. The van der Waals surface area contributed by atoms with Gasteiger partial charge in [-0.15, -0.1) is 0 Å². The Kier molecular flexibility index (Phi) is 4.35.